The first-order valence-electron chi connectivity index (χ1n) is 7.19. The fraction of sp³-hybridized carbons (Fsp3) is 0.500. The van der Waals surface area contributed by atoms with Gasteiger partial charge in [-0.2, -0.15) is 0 Å². The number of urea groups is 1. The molecule has 0 aromatic heterocycles. The van der Waals surface area contributed by atoms with E-state index in [2.05, 4.69) is 31.4 Å². The van der Waals surface area contributed by atoms with E-state index in [0.29, 0.717) is 12.5 Å². The number of nitrogens with one attached hydrogen (secondary N) is 2. The molecule has 0 aliphatic heterocycles. The molecule has 2 atom stereocenters. The average Bonchev–Trinajstić information content (AvgIpc) is 3.09. The number of hydrogen-bond acceptors (Lipinski definition) is 2. The monoisotopic (exact) mass is 290 g/mol. The van der Waals surface area contributed by atoms with E-state index < -0.39 is 5.97 Å². The van der Waals surface area contributed by atoms with Gasteiger partial charge in [0.2, 0.25) is 0 Å². The predicted molar refractivity (Wildman–Crippen MR) is 80.1 cm³/mol. The summed E-state index contributed by atoms with van der Waals surface area (Å²) in [5.74, 6) is -0.402. The van der Waals surface area contributed by atoms with Crippen LogP contribution in [-0.4, -0.2) is 23.1 Å². The van der Waals surface area contributed by atoms with Crippen molar-refractivity contribution in [3.05, 3.63) is 35.4 Å². The van der Waals surface area contributed by atoms with E-state index in [0.717, 1.165) is 12.0 Å². The lowest BCUT2D eigenvalue weighted by Crippen LogP contribution is -2.38. The molecule has 1 aliphatic carbocycles. The summed E-state index contributed by atoms with van der Waals surface area (Å²) in [6.45, 7) is 6.91. The maximum Gasteiger partial charge on any atom is 0.335 e. The summed E-state index contributed by atoms with van der Waals surface area (Å²) in [6, 6.07) is 6.55. The van der Waals surface area contributed by atoms with E-state index in [1.807, 2.05) is 0 Å². The molecular formula is C16H22N2O3. The zero-order chi connectivity index (χ0) is 15.6. The molecule has 1 aliphatic rings. The zero-order valence-electron chi connectivity index (χ0n) is 12.6. The Kier molecular flexibility index (Phi) is 4.21. The summed E-state index contributed by atoms with van der Waals surface area (Å²) >= 11 is 0. The molecule has 0 saturated heterocycles. The lowest BCUT2D eigenvalue weighted by molar-refractivity contribution is 0.0697. The molecule has 114 valence electrons. The summed E-state index contributed by atoms with van der Waals surface area (Å²) in [5.41, 5.74) is 1.33. The van der Waals surface area contributed by atoms with Crippen LogP contribution in [0.25, 0.3) is 0 Å². The number of aromatic carboxylic acids is 1. The number of hydrogen-bond donors (Lipinski definition) is 3. The van der Waals surface area contributed by atoms with Gasteiger partial charge in [0.15, 0.2) is 0 Å². The SMILES string of the molecule is CC(C)C1(C)CC1NC(=O)NCc1ccc(C(=O)O)cc1. The fourth-order valence-electron chi connectivity index (χ4n) is 2.39. The maximum atomic E-state index is 11.8. The van der Waals surface area contributed by atoms with Gasteiger partial charge in [-0.15, -0.1) is 0 Å². The first kappa shape index (κ1) is 15.4. The lowest BCUT2D eigenvalue weighted by atomic mass is 9.94. The van der Waals surface area contributed by atoms with Crippen LogP contribution in [0.4, 0.5) is 4.79 Å². The number of rotatable bonds is 5. The van der Waals surface area contributed by atoms with Crippen LogP contribution in [0.3, 0.4) is 0 Å². The van der Waals surface area contributed by atoms with Gasteiger partial charge in [0.05, 0.1) is 5.56 Å². The van der Waals surface area contributed by atoms with Gasteiger partial charge < -0.3 is 15.7 Å². The first-order valence-corrected chi connectivity index (χ1v) is 7.19. The van der Waals surface area contributed by atoms with Gasteiger partial charge in [-0.25, -0.2) is 9.59 Å². The Labute approximate surface area is 124 Å². The van der Waals surface area contributed by atoms with Gasteiger partial charge in [-0.05, 0) is 35.4 Å². The van der Waals surface area contributed by atoms with Gasteiger partial charge in [0.25, 0.3) is 0 Å². The van der Waals surface area contributed by atoms with Crippen LogP contribution >= 0.6 is 0 Å². The van der Waals surface area contributed by atoms with Crippen LogP contribution < -0.4 is 10.6 Å². The topological polar surface area (TPSA) is 78.4 Å². The van der Waals surface area contributed by atoms with Crippen molar-refractivity contribution >= 4 is 12.0 Å². The normalized spacial score (nSPS) is 23.7. The highest BCUT2D eigenvalue weighted by molar-refractivity contribution is 5.87. The molecule has 2 rings (SSSR count). The van der Waals surface area contributed by atoms with Gasteiger partial charge in [-0.1, -0.05) is 32.9 Å². The molecule has 3 N–H and O–H groups in total. The molecule has 1 aromatic carbocycles. The molecule has 2 unspecified atom stereocenters. The Bertz CT molecular complexity index is 539. The van der Waals surface area contributed by atoms with Crippen molar-refractivity contribution in [3.8, 4) is 0 Å². The van der Waals surface area contributed by atoms with E-state index in [4.69, 9.17) is 5.11 Å². The van der Waals surface area contributed by atoms with Crippen molar-refractivity contribution in [3.63, 3.8) is 0 Å². The van der Waals surface area contributed by atoms with E-state index in [-0.39, 0.29) is 23.1 Å². The predicted octanol–water partition coefficient (Wildman–Crippen LogP) is 2.62. The molecule has 1 saturated carbocycles. The van der Waals surface area contributed by atoms with Crippen LogP contribution in [0.5, 0.6) is 0 Å². The molecule has 1 aromatic rings. The number of amides is 2. The van der Waals surface area contributed by atoms with Gasteiger partial charge in [0.1, 0.15) is 0 Å². The highest BCUT2D eigenvalue weighted by Crippen LogP contribution is 2.51. The van der Waals surface area contributed by atoms with Crippen molar-refractivity contribution in [2.24, 2.45) is 11.3 Å². The Morgan fingerprint density at radius 3 is 2.43 bits per heavy atom. The summed E-state index contributed by atoms with van der Waals surface area (Å²) in [6.07, 6.45) is 1.02. The van der Waals surface area contributed by atoms with Crippen LogP contribution in [0.2, 0.25) is 0 Å². The second kappa shape index (κ2) is 5.76. The van der Waals surface area contributed by atoms with Crippen LogP contribution in [0, 0.1) is 11.3 Å². The number of carboxylic acids is 1. The molecule has 2 amide bonds. The minimum Gasteiger partial charge on any atom is -0.478 e. The van der Waals surface area contributed by atoms with Crippen LogP contribution in [0.15, 0.2) is 24.3 Å². The fourth-order valence-corrected chi connectivity index (χ4v) is 2.39. The quantitative estimate of drug-likeness (QED) is 0.780. The third-order valence-electron chi connectivity index (χ3n) is 4.56. The summed E-state index contributed by atoms with van der Waals surface area (Å²) in [7, 11) is 0. The average molecular weight is 290 g/mol. The van der Waals surface area contributed by atoms with Crippen molar-refractivity contribution in [1.29, 1.82) is 0 Å². The highest BCUT2D eigenvalue weighted by Gasteiger charge is 2.52. The van der Waals surface area contributed by atoms with Gasteiger partial charge >= 0.3 is 12.0 Å². The highest BCUT2D eigenvalue weighted by atomic mass is 16.4. The molecule has 0 spiro atoms. The van der Waals surface area contributed by atoms with Crippen molar-refractivity contribution in [1.82, 2.24) is 10.6 Å². The van der Waals surface area contributed by atoms with Crippen molar-refractivity contribution in [2.75, 3.05) is 0 Å². The number of carboxylic acid groups (broad SMARTS) is 1. The smallest absolute Gasteiger partial charge is 0.335 e. The third kappa shape index (κ3) is 3.54. The lowest BCUT2D eigenvalue weighted by Gasteiger charge is -2.16. The summed E-state index contributed by atoms with van der Waals surface area (Å²) < 4.78 is 0. The Morgan fingerprint density at radius 2 is 1.95 bits per heavy atom. The molecule has 0 heterocycles. The van der Waals surface area contributed by atoms with E-state index in [1.165, 1.54) is 12.1 Å². The number of benzene rings is 1. The van der Waals surface area contributed by atoms with E-state index >= 15 is 0 Å². The largest absolute Gasteiger partial charge is 0.478 e. The van der Waals surface area contributed by atoms with E-state index in [1.54, 1.807) is 12.1 Å². The Hall–Kier alpha value is -2.04. The minimum absolute atomic E-state index is 0.174. The molecule has 0 radical (unpaired) electrons. The molecule has 1 fully saturated rings. The Balaban J connectivity index is 1.78. The molecule has 5 nitrogen and oxygen atoms in total. The standard InChI is InChI=1S/C16H22N2O3/c1-10(2)16(3)8-13(16)18-15(21)17-9-11-4-6-12(7-5-11)14(19)20/h4-7,10,13H,8-9H2,1-3H3,(H,19,20)(H2,17,18,21). The molecular weight excluding hydrogens is 268 g/mol. The van der Waals surface area contributed by atoms with Crippen LogP contribution in [-0.2, 0) is 6.54 Å². The maximum absolute atomic E-state index is 11.8. The van der Waals surface area contributed by atoms with Gasteiger partial charge in [-0.3, -0.25) is 0 Å². The zero-order valence-corrected chi connectivity index (χ0v) is 12.6. The third-order valence-corrected chi connectivity index (χ3v) is 4.56. The number of carbonyl (C=O) groups is 2. The minimum atomic E-state index is -0.950. The summed E-state index contributed by atoms with van der Waals surface area (Å²) in [5, 5.41) is 14.6. The molecule has 5 heteroatoms. The second-order valence-corrected chi connectivity index (χ2v) is 6.25. The van der Waals surface area contributed by atoms with Crippen molar-refractivity contribution < 1.29 is 14.7 Å². The van der Waals surface area contributed by atoms with E-state index in [9.17, 15) is 9.59 Å². The second-order valence-electron chi connectivity index (χ2n) is 6.25. The van der Waals surface area contributed by atoms with Crippen LogP contribution in [0.1, 0.15) is 43.1 Å². The molecule has 21 heavy (non-hydrogen) atoms. The Morgan fingerprint density at radius 1 is 1.33 bits per heavy atom. The van der Waals surface area contributed by atoms with Crippen molar-refractivity contribution in [2.45, 2.75) is 39.8 Å². The number of carbonyl (C=O) groups excluding carboxylic acids is 1. The van der Waals surface area contributed by atoms with Gasteiger partial charge in [0, 0.05) is 12.6 Å². The first-order chi connectivity index (χ1) is 9.83. The summed E-state index contributed by atoms with van der Waals surface area (Å²) in [4.78, 5) is 22.6. The molecule has 0 bridgehead atoms.